The molecule has 2 aromatic rings. The fourth-order valence-corrected chi connectivity index (χ4v) is 3.50. The molecule has 1 unspecified atom stereocenters. The molecule has 0 aliphatic carbocycles. The third-order valence-electron chi connectivity index (χ3n) is 5.15. The summed E-state index contributed by atoms with van der Waals surface area (Å²) >= 11 is 0. The van der Waals surface area contributed by atoms with Crippen LogP contribution in [0.1, 0.15) is 50.9 Å². The molecule has 0 spiro atoms. The Kier molecular flexibility index (Phi) is 6.74. The summed E-state index contributed by atoms with van der Waals surface area (Å²) in [5.74, 6) is 2.40. The smallest absolute Gasteiger partial charge is 0.223 e. The second kappa shape index (κ2) is 9.26. The van der Waals surface area contributed by atoms with Crippen LogP contribution in [-0.4, -0.2) is 50.4 Å². The molecule has 0 radical (unpaired) electrons. The maximum Gasteiger partial charge on any atom is 0.223 e. The minimum Gasteiger partial charge on any atom is -0.504 e. The molecule has 0 fully saturated rings. The third-order valence-corrected chi connectivity index (χ3v) is 5.15. The molecule has 1 atom stereocenters. The number of aromatic nitrogens is 3. The summed E-state index contributed by atoms with van der Waals surface area (Å²) in [4.78, 5) is 14.4. The molecule has 8 heteroatoms. The Morgan fingerprint density at radius 3 is 2.76 bits per heavy atom. The van der Waals surface area contributed by atoms with Gasteiger partial charge in [0.15, 0.2) is 17.3 Å². The Balaban J connectivity index is 1.66. The van der Waals surface area contributed by atoms with E-state index in [0.29, 0.717) is 12.4 Å². The molecule has 158 valence electrons. The van der Waals surface area contributed by atoms with E-state index in [9.17, 15) is 9.90 Å². The molecular weight excluding hydrogens is 370 g/mol. The lowest BCUT2D eigenvalue weighted by Gasteiger charge is -2.21. The van der Waals surface area contributed by atoms with Crippen LogP contribution >= 0.6 is 0 Å². The van der Waals surface area contributed by atoms with Gasteiger partial charge in [0, 0.05) is 38.5 Å². The number of rotatable bonds is 7. The van der Waals surface area contributed by atoms with Gasteiger partial charge in [-0.25, -0.2) is 0 Å². The monoisotopic (exact) mass is 401 g/mol. The fraction of sp³-hybridized carbons (Fsp3) is 0.571. The van der Waals surface area contributed by atoms with Gasteiger partial charge in [0.1, 0.15) is 5.82 Å². The van der Waals surface area contributed by atoms with Gasteiger partial charge < -0.3 is 19.7 Å². The number of carbonyl (C=O) groups excluding carboxylic acids is 1. The molecule has 2 heterocycles. The van der Waals surface area contributed by atoms with Gasteiger partial charge in [-0.2, -0.15) is 0 Å². The highest BCUT2D eigenvalue weighted by Gasteiger charge is 2.23. The van der Waals surface area contributed by atoms with Crippen molar-refractivity contribution < 1.29 is 14.6 Å². The minimum absolute atomic E-state index is 0.0162. The Labute approximate surface area is 171 Å². The molecule has 0 bridgehead atoms. The van der Waals surface area contributed by atoms with Gasteiger partial charge in [0.25, 0.3) is 0 Å². The number of amides is 1. The zero-order chi connectivity index (χ0) is 21.0. The van der Waals surface area contributed by atoms with Gasteiger partial charge in [-0.1, -0.05) is 19.9 Å². The molecule has 2 N–H and O–H groups in total. The summed E-state index contributed by atoms with van der Waals surface area (Å²) in [6, 6.07) is 5.34. The topological polar surface area (TPSA) is 92.5 Å². The number of phenols is 1. The maximum absolute atomic E-state index is 12.0. The molecule has 0 saturated heterocycles. The molecule has 1 aromatic carbocycles. The van der Waals surface area contributed by atoms with Gasteiger partial charge >= 0.3 is 0 Å². The lowest BCUT2D eigenvalue weighted by Crippen LogP contribution is -2.32. The first kappa shape index (κ1) is 21.1. The average Bonchev–Trinajstić information content (AvgIpc) is 2.99. The van der Waals surface area contributed by atoms with Gasteiger partial charge in [-0.15, -0.1) is 10.2 Å². The van der Waals surface area contributed by atoms with Crippen molar-refractivity contribution in [1.29, 1.82) is 0 Å². The van der Waals surface area contributed by atoms with E-state index in [1.165, 1.54) is 0 Å². The Bertz CT molecular complexity index is 849. The molecule has 8 nitrogen and oxygen atoms in total. The molecule has 0 saturated carbocycles. The number of aromatic hydroxyl groups is 1. The third kappa shape index (κ3) is 5.06. The summed E-state index contributed by atoms with van der Waals surface area (Å²) in [7, 11) is 0. The van der Waals surface area contributed by atoms with Crippen molar-refractivity contribution in [2.24, 2.45) is 5.92 Å². The van der Waals surface area contributed by atoms with Crippen molar-refractivity contribution in [3.05, 3.63) is 35.4 Å². The number of fused-ring (bicyclic) bond motifs is 1. The quantitative estimate of drug-likeness (QED) is 0.739. The van der Waals surface area contributed by atoms with Crippen molar-refractivity contribution in [3.8, 4) is 11.5 Å². The van der Waals surface area contributed by atoms with Crippen LogP contribution in [0.3, 0.4) is 0 Å². The zero-order valence-corrected chi connectivity index (χ0v) is 17.7. The lowest BCUT2D eigenvalue weighted by molar-refractivity contribution is -0.124. The molecule has 3 rings (SSSR count). The first-order valence-corrected chi connectivity index (χ1v) is 10.3. The molecule has 1 aromatic heterocycles. The molecular formula is C21H31N5O3. The van der Waals surface area contributed by atoms with Gasteiger partial charge in [0.2, 0.25) is 5.91 Å². The van der Waals surface area contributed by atoms with Crippen molar-refractivity contribution >= 4 is 5.91 Å². The van der Waals surface area contributed by atoms with Gasteiger partial charge in [-0.3, -0.25) is 9.69 Å². The van der Waals surface area contributed by atoms with E-state index in [-0.39, 0.29) is 23.6 Å². The summed E-state index contributed by atoms with van der Waals surface area (Å²) < 4.78 is 7.63. The van der Waals surface area contributed by atoms with E-state index in [1.807, 2.05) is 39.8 Å². The summed E-state index contributed by atoms with van der Waals surface area (Å²) in [5.41, 5.74) is 1.10. The average molecular weight is 402 g/mol. The molecule has 1 aliphatic rings. The highest BCUT2D eigenvalue weighted by atomic mass is 16.5. The van der Waals surface area contributed by atoms with E-state index in [2.05, 4.69) is 25.0 Å². The number of nitrogens with zero attached hydrogens (tertiary/aromatic N) is 4. The predicted molar refractivity (Wildman–Crippen MR) is 110 cm³/mol. The number of benzene rings is 1. The molecule has 1 aliphatic heterocycles. The van der Waals surface area contributed by atoms with Crippen molar-refractivity contribution in [1.82, 2.24) is 25.0 Å². The number of hydrogen-bond donors (Lipinski definition) is 2. The molecule has 29 heavy (non-hydrogen) atoms. The van der Waals surface area contributed by atoms with Crippen LogP contribution in [0.15, 0.2) is 18.2 Å². The largest absolute Gasteiger partial charge is 0.504 e. The van der Waals surface area contributed by atoms with Crippen molar-refractivity contribution in [2.45, 2.75) is 53.2 Å². The SMILES string of the molecule is CCOc1cc(CN2CCc3nnc(C(C)NC(=O)C(C)C)n3CC2)ccc1O. The maximum atomic E-state index is 12.0. The highest BCUT2D eigenvalue weighted by molar-refractivity contribution is 5.78. The van der Waals surface area contributed by atoms with Crippen LogP contribution in [-0.2, 0) is 24.3 Å². The van der Waals surface area contributed by atoms with E-state index in [0.717, 1.165) is 49.8 Å². The number of ether oxygens (including phenoxy) is 1. The minimum atomic E-state index is -0.177. The number of nitrogens with one attached hydrogen (secondary N) is 1. The van der Waals surface area contributed by atoms with E-state index >= 15 is 0 Å². The number of carbonyl (C=O) groups is 1. The van der Waals surface area contributed by atoms with Crippen LogP contribution < -0.4 is 10.1 Å². The van der Waals surface area contributed by atoms with Crippen molar-refractivity contribution in [3.63, 3.8) is 0 Å². The van der Waals surface area contributed by atoms with E-state index < -0.39 is 0 Å². The second-order valence-electron chi connectivity index (χ2n) is 7.77. The molecule has 1 amide bonds. The summed E-state index contributed by atoms with van der Waals surface area (Å²) in [6.45, 7) is 11.4. The normalized spacial score (nSPS) is 15.6. The first-order chi connectivity index (χ1) is 13.9. The Morgan fingerprint density at radius 1 is 1.24 bits per heavy atom. The van der Waals surface area contributed by atoms with Crippen LogP contribution in [0, 0.1) is 5.92 Å². The predicted octanol–water partition coefficient (Wildman–Crippen LogP) is 2.27. The summed E-state index contributed by atoms with van der Waals surface area (Å²) in [6.07, 6.45) is 0.800. The van der Waals surface area contributed by atoms with Crippen LogP contribution in [0.5, 0.6) is 11.5 Å². The number of hydrogen-bond acceptors (Lipinski definition) is 6. The number of phenolic OH excluding ortho intramolecular Hbond substituents is 1. The van der Waals surface area contributed by atoms with Crippen LogP contribution in [0.25, 0.3) is 0 Å². The lowest BCUT2D eigenvalue weighted by atomic mass is 10.2. The van der Waals surface area contributed by atoms with Crippen LogP contribution in [0.4, 0.5) is 0 Å². The van der Waals surface area contributed by atoms with Gasteiger partial charge in [-0.05, 0) is 31.5 Å². The first-order valence-electron chi connectivity index (χ1n) is 10.3. The Hall–Kier alpha value is -2.61. The zero-order valence-electron chi connectivity index (χ0n) is 17.7. The van der Waals surface area contributed by atoms with Crippen LogP contribution in [0.2, 0.25) is 0 Å². The van der Waals surface area contributed by atoms with Gasteiger partial charge in [0.05, 0.1) is 12.6 Å². The second-order valence-corrected chi connectivity index (χ2v) is 7.77. The Morgan fingerprint density at radius 2 is 2.03 bits per heavy atom. The van der Waals surface area contributed by atoms with Crippen molar-refractivity contribution in [2.75, 3.05) is 19.7 Å². The standard InChI is InChI=1S/C21H31N5O3/c1-5-29-18-12-16(6-7-17(18)27)13-25-9-8-19-23-24-20(26(19)11-10-25)15(4)22-21(28)14(2)3/h6-7,12,14-15,27H,5,8-11,13H2,1-4H3,(H,22,28). The van der Waals surface area contributed by atoms with E-state index in [1.54, 1.807) is 6.07 Å². The fourth-order valence-electron chi connectivity index (χ4n) is 3.50. The highest BCUT2D eigenvalue weighted by Crippen LogP contribution is 2.27. The van der Waals surface area contributed by atoms with E-state index in [4.69, 9.17) is 4.74 Å². The summed E-state index contributed by atoms with van der Waals surface area (Å²) in [5, 5.41) is 21.6.